The second-order valence-corrected chi connectivity index (χ2v) is 6.87. The average Bonchev–Trinajstić information content (AvgIpc) is 2.54. The molecule has 23 heavy (non-hydrogen) atoms. The Balaban J connectivity index is 3.10. The van der Waals surface area contributed by atoms with Gasteiger partial charge in [-0.15, -0.1) is 0 Å². The summed E-state index contributed by atoms with van der Waals surface area (Å²) in [5, 5.41) is 12.5. The fourth-order valence-corrected chi connectivity index (χ4v) is 2.90. The van der Waals surface area contributed by atoms with Crippen molar-refractivity contribution in [2.75, 3.05) is 13.1 Å². The van der Waals surface area contributed by atoms with Crippen LogP contribution < -0.4 is 0 Å². The summed E-state index contributed by atoms with van der Waals surface area (Å²) in [5.41, 5.74) is 0. The Hall–Kier alpha value is -0.340. The van der Waals surface area contributed by atoms with Gasteiger partial charge in [-0.3, -0.25) is 0 Å². The zero-order valence-corrected chi connectivity index (χ0v) is 16.0. The molecule has 138 valence electrons. The lowest BCUT2D eigenvalue weighted by atomic mass is 10.1. The Labute approximate surface area is 146 Å². The molecule has 2 heteroatoms. The molecule has 0 radical (unpaired) electrons. The van der Waals surface area contributed by atoms with Gasteiger partial charge in [0, 0.05) is 0 Å². The first-order valence-corrected chi connectivity index (χ1v) is 10.4. The van der Waals surface area contributed by atoms with Gasteiger partial charge in [0.15, 0.2) is 0 Å². The number of hydrogen-bond acceptors (Lipinski definition) is 2. The number of nitrogens with zero attached hydrogens (tertiary/aromatic N) is 1. The molecule has 0 saturated carbocycles. The van der Waals surface area contributed by atoms with Crippen molar-refractivity contribution in [3.05, 3.63) is 17.4 Å². The number of unbranched alkanes of at least 4 members (excludes halogenated alkanes) is 12. The fraction of sp³-hybridized carbons (Fsp3) is 0.905. The Morgan fingerprint density at radius 3 is 1.57 bits per heavy atom. The third-order valence-corrected chi connectivity index (χ3v) is 4.39. The van der Waals surface area contributed by atoms with E-state index in [2.05, 4.69) is 26.0 Å². The van der Waals surface area contributed by atoms with Gasteiger partial charge < -0.3 is 10.3 Å². The highest BCUT2D eigenvalue weighted by Gasteiger charge is 1.93. The maximum atomic E-state index is 11.3. The SMILES string of the molecule is CCCCCCCC/C=C\CCCCCCCCN([O-])CCC. The van der Waals surface area contributed by atoms with E-state index in [0.717, 1.165) is 19.4 Å². The molecule has 2 nitrogen and oxygen atoms in total. The van der Waals surface area contributed by atoms with Crippen molar-refractivity contribution in [3.8, 4) is 0 Å². The van der Waals surface area contributed by atoms with Gasteiger partial charge in [-0.05, 0) is 51.6 Å². The molecule has 0 aromatic rings. The molecule has 0 aliphatic carbocycles. The van der Waals surface area contributed by atoms with Crippen LogP contribution in [0.2, 0.25) is 0 Å². The first-order valence-electron chi connectivity index (χ1n) is 10.4. The van der Waals surface area contributed by atoms with Crippen LogP contribution >= 0.6 is 0 Å². The summed E-state index contributed by atoms with van der Waals surface area (Å²) >= 11 is 0. The summed E-state index contributed by atoms with van der Waals surface area (Å²) in [6.07, 6.45) is 24.2. The maximum Gasteiger partial charge on any atom is -0.0145 e. The molecule has 0 aromatic heterocycles. The Morgan fingerprint density at radius 2 is 1.04 bits per heavy atom. The van der Waals surface area contributed by atoms with Crippen molar-refractivity contribution < 1.29 is 0 Å². The van der Waals surface area contributed by atoms with Crippen molar-refractivity contribution in [2.45, 2.75) is 110 Å². The summed E-state index contributed by atoms with van der Waals surface area (Å²) in [7, 11) is 0. The van der Waals surface area contributed by atoms with E-state index in [1.54, 1.807) is 0 Å². The molecular weight excluding hydrogens is 282 g/mol. The average molecular weight is 325 g/mol. The molecule has 0 aliphatic rings. The minimum atomic E-state index is 0.699. The highest BCUT2D eigenvalue weighted by molar-refractivity contribution is 4.81. The highest BCUT2D eigenvalue weighted by Crippen LogP contribution is 2.10. The third kappa shape index (κ3) is 19.6. The van der Waals surface area contributed by atoms with E-state index >= 15 is 0 Å². The molecule has 0 aromatic carbocycles. The zero-order chi connectivity index (χ0) is 17.0. The van der Waals surface area contributed by atoms with Crippen molar-refractivity contribution in [1.29, 1.82) is 0 Å². The van der Waals surface area contributed by atoms with E-state index in [-0.39, 0.29) is 0 Å². The van der Waals surface area contributed by atoms with Crippen LogP contribution in [-0.4, -0.2) is 18.2 Å². The van der Waals surface area contributed by atoms with E-state index in [1.807, 2.05) is 0 Å². The van der Waals surface area contributed by atoms with Crippen LogP contribution in [-0.2, 0) is 0 Å². The second-order valence-electron chi connectivity index (χ2n) is 6.87. The lowest BCUT2D eigenvalue weighted by Crippen LogP contribution is -2.18. The molecule has 0 amide bonds. The smallest absolute Gasteiger partial charge is 0.0145 e. The van der Waals surface area contributed by atoms with Crippen LogP contribution in [0.15, 0.2) is 12.2 Å². The van der Waals surface area contributed by atoms with Crippen molar-refractivity contribution in [3.63, 3.8) is 0 Å². The van der Waals surface area contributed by atoms with Crippen LogP contribution in [0.25, 0.3) is 0 Å². The van der Waals surface area contributed by atoms with Crippen molar-refractivity contribution in [1.82, 2.24) is 5.06 Å². The first-order chi connectivity index (χ1) is 11.3. The van der Waals surface area contributed by atoms with Crippen LogP contribution in [0.1, 0.15) is 110 Å². The topological polar surface area (TPSA) is 26.3 Å². The van der Waals surface area contributed by atoms with Gasteiger partial charge >= 0.3 is 0 Å². The largest absolute Gasteiger partial charge is 0.785 e. The second kappa shape index (κ2) is 19.7. The van der Waals surface area contributed by atoms with E-state index in [9.17, 15) is 5.21 Å². The Kier molecular flexibility index (Phi) is 19.4. The highest BCUT2D eigenvalue weighted by atomic mass is 16.5. The molecule has 0 rings (SSSR count). The zero-order valence-electron chi connectivity index (χ0n) is 16.0. The molecule has 0 unspecified atom stereocenters. The maximum absolute atomic E-state index is 11.3. The molecule has 0 spiro atoms. The van der Waals surface area contributed by atoms with Gasteiger partial charge in [-0.1, -0.05) is 83.8 Å². The van der Waals surface area contributed by atoms with Gasteiger partial charge in [0.25, 0.3) is 0 Å². The lowest BCUT2D eigenvalue weighted by Gasteiger charge is -2.27. The normalized spacial score (nSPS) is 11.8. The van der Waals surface area contributed by atoms with Crippen LogP contribution in [0.3, 0.4) is 0 Å². The molecule has 0 fully saturated rings. The van der Waals surface area contributed by atoms with Crippen LogP contribution in [0.5, 0.6) is 0 Å². The van der Waals surface area contributed by atoms with Crippen molar-refractivity contribution in [2.24, 2.45) is 0 Å². The summed E-state index contributed by atoms with van der Waals surface area (Å²) in [6.45, 7) is 5.77. The molecule has 0 heterocycles. The quantitative estimate of drug-likeness (QED) is 0.151. The van der Waals surface area contributed by atoms with Crippen molar-refractivity contribution >= 4 is 0 Å². The summed E-state index contributed by atoms with van der Waals surface area (Å²) in [6, 6.07) is 0. The van der Waals surface area contributed by atoms with E-state index in [4.69, 9.17) is 0 Å². The number of allylic oxidation sites excluding steroid dienone is 2. The first kappa shape index (κ1) is 22.7. The Bertz CT molecular complexity index is 240. The molecule has 0 saturated heterocycles. The number of hydroxylamine groups is 2. The van der Waals surface area contributed by atoms with Gasteiger partial charge in [0.1, 0.15) is 0 Å². The fourth-order valence-electron chi connectivity index (χ4n) is 2.90. The van der Waals surface area contributed by atoms with Crippen LogP contribution in [0.4, 0.5) is 0 Å². The molecule has 0 bridgehead atoms. The van der Waals surface area contributed by atoms with E-state index in [0.29, 0.717) is 6.54 Å². The monoisotopic (exact) mass is 324 g/mol. The number of rotatable bonds is 18. The summed E-state index contributed by atoms with van der Waals surface area (Å²) in [5.74, 6) is 0. The molecule has 0 atom stereocenters. The standard InChI is InChI=1S/C21H42NO/c1-3-5-6-7-8-9-10-11-12-13-14-15-16-17-18-19-21-22(23)20-4-2/h11-12H,3-10,13-21H2,1-2H3/q-1/b12-11-. The van der Waals surface area contributed by atoms with E-state index < -0.39 is 0 Å². The molecule has 0 N–H and O–H groups in total. The van der Waals surface area contributed by atoms with E-state index in [1.165, 1.54) is 88.5 Å². The predicted octanol–water partition coefficient (Wildman–Crippen LogP) is 7.23. The molecule has 0 aliphatic heterocycles. The molecular formula is C21H42NO-. The minimum Gasteiger partial charge on any atom is -0.785 e. The predicted molar refractivity (Wildman–Crippen MR) is 105 cm³/mol. The third-order valence-electron chi connectivity index (χ3n) is 4.39. The van der Waals surface area contributed by atoms with Crippen LogP contribution in [0, 0.1) is 5.21 Å². The number of hydrogen-bond donors (Lipinski definition) is 0. The summed E-state index contributed by atoms with van der Waals surface area (Å²) < 4.78 is 0. The minimum absolute atomic E-state index is 0.699. The Morgan fingerprint density at radius 1 is 0.565 bits per heavy atom. The van der Waals surface area contributed by atoms with Gasteiger partial charge in [0.2, 0.25) is 0 Å². The lowest BCUT2D eigenvalue weighted by molar-refractivity contribution is 0.363. The summed E-state index contributed by atoms with van der Waals surface area (Å²) in [4.78, 5) is 0. The van der Waals surface area contributed by atoms with Gasteiger partial charge in [-0.25, -0.2) is 0 Å². The van der Waals surface area contributed by atoms with Gasteiger partial charge in [-0.2, -0.15) is 0 Å². The van der Waals surface area contributed by atoms with Gasteiger partial charge in [0.05, 0.1) is 0 Å².